The molecule has 0 saturated carbocycles. The quantitative estimate of drug-likeness (QED) is 0.732. The van der Waals surface area contributed by atoms with Gasteiger partial charge in [-0.1, -0.05) is 12.1 Å². The van der Waals surface area contributed by atoms with Crippen molar-refractivity contribution in [2.75, 3.05) is 46.4 Å². The number of alkyl halides is 3. The number of hydrogen-bond donors (Lipinski definition) is 1. The largest absolute Gasteiger partial charge is 0.484 e. The molecule has 5 nitrogen and oxygen atoms in total. The minimum Gasteiger partial charge on any atom is -0.484 e. The van der Waals surface area contributed by atoms with Gasteiger partial charge in [-0.25, -0.2) is 0 Å². The van der Waals surface area contributed by atoms with E-state index in [4.69, 9.17) is 4.74 Å². The fourth-order valence-corrected chi connectivity index (χ4v) is 3.26. The van der Waals surface area contributed by atoms with Gasteiger partial charge in [-0.3, -0.25) is 4.79 Å². The number of ether oxygens (including phenoxy) is 1. The Bertz CT molecular complexity index is 627. The number of benzene rings is 1. The molecule has 1 fully saturated rings. The number of halogens is 4. The number of aryl methyl sites for hydroxylation is 2. The second kappa shape index (κ2) is 10.9. The van der Waals surface area contributed by atoms with Crippen molar-refractivity contribution in [2.45, 2.75) is 33.0 Å². The Hall–Kier alpha value is -1.51. The average Bonchev–Trinajstić information content (AvgIpc) is 2.58. The lowest BCUT2D eigenvalue weighted by Crippen LogP contribution is -2.47. The maximum atomic E-state index is 12.4. The predicted octanol–water partition coefficient (Wildman–Crippen LogP) is 2.92. The molecule has 0 spiro atoms. The molecule has 1 heterocycles. The van der Waals surface area contributed by atoms with Gasteiger partial charge in [0.25, 0.3) is 0 Å². The van der Waals surface area contributed by atoms with E-state index in [-0.39, 0.29) is 24.1 Å². The first kappa shape index (κ1) is 24.5. The molecule has 0 aliphatic carbocycles. The monoisotopic (exact) mass is 423 g/mol. The van der Waals surface area contributed by atoms with Gasteiger partial charge in [-0.15, -0.1) is 12.4 Å². The van der Waals surface area contributed by atoms with E-state index < -0.39 is 12.8 Å². The van der Waals surface area contributed by atoms with E-state index in [9.17, 15) is 18.0 Å². The van der Waals surface area contributed by atoms with Gasteiger partial charge < -0.3 is 19.9 Å². The number of amides is 1. The molecule has 1 aliphatic heterocycles. The van der Waals surface area contributed by atoms with E-state index in [1.807, 2.05) is 29.0 Å². The SMILES string of the molecule is Cc1cc(CN(C)CCC(=O)N2CCNCC2)cc(C)c1OCC(F)(F)F.Cl. The summed E-state index contributed by atoms with van der Waals surface area (Å²) in [6.07, 6.45) is -3.89. The van der Waals surface area contributed by atoms with Crippen LogP contribution in [0.25, 0.3) is 0 Å². The molecule has 0 radical (unpaired) electrons. The molecule has 1 saturated heterocycles. The van der Waals surface area contributed by atoms with Crippen molar-refractivity contribution in [1.82, 2.24) is 15.1 Å². The number of carbonyl (C=O) groups is 1. The van der Waals surface area contributed by atoms with Gasteiger partial charge in [0.2, 0.25) is 5.91 Å². The molecule has 1 N–H and O–H groups in total. The van der Waals surface area contributed by atoms with E-state index in [2.05, 4.69) is 5.32 Å². The molecule has 0 bridgehead atoms. The average molecular weight is 424 g/mol. The summed E-state index contributed by atoms with van der Waals surface area (Å²) in [5.74, 6) is 0.444. The maximum absolute atomic E-state index is 12.4. The third-order valence-corrected chi connectivity index (χ3v) is 4.53. The van der Waals surface area contributed by atoms with Crippen LogP contribution >= 0.6 is 12.4 Å². The Morgan fingerprint density at radius 2 is 1.79 bits per heavy atom. The van der Waals surface area contributed by atoms with Crippen molar-refractivity contribution < 1.29 is 22.7 Å². The van der Waals surface area contributed by atoms with E-state index >= 15 is 0 Å². The second-order valence-corrected chi connectivity index (χ2v) is 7.08. The van der Waals surface area contributed by atoms with Crippen LogP contribution in [0.1, 0.15) is 23.1 Å². The van der Waals surface area contributed by atoms with Crippen molar-refractivity contribution in [3.8, 4) is 5.75 Å². The van der Waals surface area contributed by atoms with Crippen molar-refractivity contribution in [3.05, 3.63) is 28.8 Å². The second-order valence-electron chi connectivity index (χ2n) is 7.08. The standard InChI is InChI=1S/C19H28F3N3O2.ClH/c1-14-10-16(11-15(2)18(14)27-13-19(20,21)22)12-24(3)7-4-17(26)25-8-5-23-6-9-25;/h10-11,23H,4-9,12-13H2,1-3H3;1H. The van der Waals surface area contributed by atoms with Gasteiger partial charge in [-0.05, 0) is 37.6 Å². The highest BCUT2D eigenvalue weighted by molar-refractivity contribution is 5.85. The fraction of sp³-hybridized carbons (Fsp3) is 0.632. The topological polar surface area (TPSA) is 44.8 Å². The molecule has 1 amide bonds. The minimum absolute atomic E-state index is 0. The van der Waals surface area contributed by atoms with Crippen molar-refractivity contribution in [3.63, 3.8) is 0 Å². The van der Waals surface area contributed by atoms with Crippen LogP contribution in [-0.2, 0) is 11.3 Å². The summed E-state index contributed by atoms with van der Waals surface area (Å²) in [7, 11) is 1.93. The van der Waals surface area contributed by atoms with Crippen molar-refractivity contribution >= 4 is 18.3 Å². The number of piperazine rings is 1. The molecule has 160 valence electrons. The molecule has 28 heavy (non-hydrogen) atoms. The number of rotatable bonds is 7. The molecular weight excluding hydrogens is 395 g/mol. The summed E-state index contributed by atoms with van der Waals surface area (Å²) >= 11 is 0. The normalized spacial score (nSPS) is 14.8. The molecule has 1 aromatic rings. The summed E-state index contributed by atoms with van der Waals surface area (Å²) in [5.41, 5.74) is 2.35. The summed E-state index contributed by atoms with van der Waals surface area (Å²) in [6, 6.07) is 3.68. The van der Waals surface area contributed by atoms with Gasteiger partial charge >= 0.3 is 6.18 Å². The molecule has 1 aliphatic rings. The lowest BCUT2D eigenvalue weighted by molar-refractivity contribution is -0.153. The van der Waals surface area contributed by atoms with Gasteiger partial charge in [0, 0.05) is 45.7 Å². The summed E-state index contributed by atoms with van der Waals surface area (Å²) in [5, 5.41) is 3.22. The van der Waals surface area contributed by atoms with Crippen LogP contribution in [0.2, 0.25) is 0 Å². The van der Waals surface area contributed by atoms with Crippen LogP contribution in [-0.4, -0.2) is 68.3 Å². The zero-order chi connectivity index (χ0) is 20.0. The summed E-state index contributed by atoms with van der Waals surface area (Å²) in [6.45, 7) is 6.63. The lowest BCUT2D eigenvalue weighted by atomic mass is 10.1. The van der Waals surface area contributed by atoms with E-state index in [0.717, 1.165) is 31.7 Å². The maximum Gasteiger partial charge on any atom is 0.422 e. The highest BCUT2D eigenvalue weighted by Crippen LogP contribution is 2.27. The Morgan fingerprint density at radius 1 is 1.21 bits per heavy atom. The molecule has 0 unspecified atom stereocenters. The number of carbonyl (C=O) groups excluding carboxylic acids is 1. The first-order valence-corrected chi connectivity index (χ1v) is 9.12. The minimum atomic E-state index is -4.35. The summed E-state index contributed by atoms with van der Waals surface area (Å²) in [4.78, 5) is 16.2. The third-order valence-electron chi connectivity index (χ3n) is 4.53. The Labute approximate surface area is 170 Å². The first-order chi connectivity index (χ1) is 12.7. The highest BCUT2D eigenvalue weighted by atomic mass is 35.5. The van der Waals surface area contributed by atoms with Crippen LogP contribution in [0.3, 0.4) is 0 Å². The first-order valence-electron chi connectivity index (χ1n) is 9.12. The smallest absolute Gasteiger partial charge is 0.422 e. The molecule has 1 aromatic carbocycles. The van der Waals surface area contributed by atoms with Gasteiger partial charge in [0.1, 0.15) is 5.75 Å². The van der Waals surface area contributed by atoms with Gasteiger partial charge in [0.05, 0.1) is 0 Å². The Kier molecular flexibility index (Phi) is 9.53. The molecular formula is C19H29ClF3N3O2. The van der Waals surface area contributed by atoms with Crippen LogP contribution in [0.15, 0.2) is 12.1 Å². The number of nitrogens with one attached hydrogen (secondary N) is 1. The molecule has 0 atom stereocenters. The predicted molar refractivity (Wildman–Crippen MR) is 105 cm³/mol. The fourth-order valence-electron chi connectivity index (χ4n) is 3.26. The Morgan fingerprint density at radius 3 is 2.32 bits per heavy atom. The third kappa shape index (κ3) is 7.85. The summed E-state index contributed by atoms with van der Waals surface area (Å²) < 4.78 is 42.1. The van der Waals surface area contributed by atoms with Crippen LogP contribution in [0.5, 0.6) is 5.75 Å². The lowest BCUT2D eigenvalue weighted by Gasteiger charge is -2.28. The zero-order valence-electron chi connectivity index (χ0n) is 16.6. The van der Waals surface area contributed by atoms with Crippen LogP contribution in [0.4, 0.5) is 13.2 Å². The van der Waals surface area contributed by atoms with E-state index in [0.29, 0.717) is 30.6 Å². The Balaban J connectivity index is 0.00000392. The van der Waals surface area contributed by atoms with Crippen molar-refractivity contribution in [1.29, 1.82) is 0 Å². The molecule has 2 rings (SSSR count). The van der Waals surface area contributed by atoms with Crippen molar-refractivity contribution in [2.24, 2.45) is 0 Å². The van der Waals surface area contributed by atoms with Gasteiger partial charge in [0.15, 0.2) is 6.61 Å². The number of hydrogen-bond acceptors (Lipinski definition) is 4. The van der Waals surface area contributed by atoms with E-state index in [1.54, 1.807) is 13.8 Å². The van der Waals surface area contributed by atoms with Crippen LogP contribution < -0.4 is 10.1 Å². The zero-order valence-corrected chi connectivity index (χ0v) is 17.4. The van der Waals surface area contributed by atoms with E-state index in [1.165, 1.54) is 0 Å². The number of nitrogens with zero attached hydrogens (tertiary/aromatic N) is 2. The molecule has 9 heteroatoms. The van der Waals surface area contributed by atoms with Gasteiger partial charge in [-0.2, -0.15) is 13.2 Å². The molecule has 0 aromatic heterocycles. The van der Waals surface area contributed by atoms with Crippen LogP contribution in [0, 0.1) is 13.8 Å². The highest BCUT2D eigenvalue weighted by Gasteiger charge is 2.29.